The first-order chi connectivity index (χ1) is 12.5. The van der Waals surface area contributed by atoms with Gasteiger partial charge in [0.25, 0.3) is 5.91 Å². The topological polar surface area (TPSA) is 78.1 Å². The molecular formula is C19H20N4O2S. The van der Waals surface area contributed by atoms with E-state index in [1.807, 2.05) is 48.7 Å². The number of nitrogens with one attached hydrogen (secondary N) is 2. The highest BCUT2D eigenvalue weighted by Crippen LogP contribution is 2.18. The number of carbonyl (C=O) groups excluding carboxylic acids is 2. The second-order valence-electron chi connectivity index (χ2n) is 5.98. The quantitative estimate of drug-likeness (QED) is 0.702. The number of aromatic nitrogens is 2. The fourth-order valence-corrected chi connectivity index (χ4v) is 3.27. The standard InChI is InChI=1S/C19H20N4O2S/c1-13(18-20-11-15(22-18)14-7-4-3-5-8-14)21-17(24)12-23(2)19(25)16-9-6-10-26-16/h3-11,13H,12H2,1-2H3,(H,20,22)(H,21,24). The molecule has 7 heteroatoms. The maximum Gasteiger partial charge on any atom is 0.264 e. The molecule has 1 atom stereocenters. The molecule has 2 aromatic heterocycles. The fraction of sp³-hybridized carbons (Fsp3) is 0.211. The number of nitrogens with zero attached hydrogens (tertiary/aromatic N) is 2. The third-order valence-electron chi connectivity index (χ3n) is 3.93. The van der Waals surface area contributed by atoms with Crippen LogP contribution < -0.4 is 5.32 Å². The lowest BCUT2D eigenvalue weighted by atomic mass is 10.2. The number of carbonyl (C=O) groups is 2. The van der Waals surface area contributed by atoms with E-state index in [1.165, 1.54) is 16.2 Å². The van der Waals surface area contributed by atoms with Crippen LogP contribution in [0.5, 0.6) is 0 Å². The van der Waals surface area contributed by atoms with Gasteiger partial charge < -0.3 is 15.2 Å². The van der Waals surface area contributed by atoms with Gasteiger partial charge in [-0.15, -0.1) is 11.3 Å². The molecule has 0 aliphatic carbocycles. The van der Waals surface area contributed by atoms with Crippen LogP contribution in [0.25, 0.3) is 11.3 Å². The molecule has 0 saturated carbocycles. The summed E-state index contributed by atoms with van der Waals surface area (Å²) in [5.41, 5.74) is 1.93. The highest BCUT2D eigenvalue weighted by atomic mass is 32.1. The van der Waals surface area contributed by atoms with Gasteiger partial charge in [-0.05, 0) is 23.9 Å². The fourth-order valence-electron chi connectivity index (χ4n) is 2.55. The van der Waals surface area contributed by atoms with Crippen molar-refractivity contribution in [1.29, 1.82) is 0 Å². The van der Waals surface area contributed by atoms with Crippen LogP contribution >= 0.6 is 11.3 Å². The number of H-pyrrole nitrogens is 1. The van der Waals surface area contributed by atoms with Crippen LogP contribution in [-0.2, 0) is 4.79 Å². The summed E-state index contributed by atoms with van der Waals surface area (Å²) in [6, 6.07) is 13.1. The number of thiophene rings is 1. The van der Waals surface area contributed by atoms with Gasteiger partial charge in [0.15, 0.2) is 0 Å². The van der Waals surface area contributed by atoms with Crippen LogP contribution in [0.15, 0.2) is 54.0 Å². The van der Waals surface area contributed by atoms with Crippen LogP contribution in [0.1, 0.15) is 28.5 Å². The van der Waals surface area contributed by atoms with Crippen molar-refractivity contribution in [1.82, 2.24) is 20.2 Å². The second kappa shape index (κ2) is 7.97. The summed E-state index contributed by atoms with van der Waals surface area (Å²) in [5.74, 6) is 0.277. The number of aromatic amines is 1. The summed E-state index contributed by atoms with van der Waals surface area (Å²) in [4.78, 5) is 34.0. The molecule has 26 heavy (non-hydrogen) atoms. The van der Waals surface area contributed by atoms with Gasteiger partial charge in [-0.3, -0.25) is 9.59 Å². The first-order valence-electron chi connectivity index (χ1n) is 8.23. The molecule has 0 fully saturated rings. The lowest BCUT2D eigenvalue weighted by Crippen LogP contribution is -2.39. The minimum atomic E-state index is -0.287. The number of rotatable bonds is 6. The molecule has 0 bridgehead atoms. The van der Waals surface area contributed by atoms with E-state index in [0.29, 0.717) is 10.7 Å². The van der Waals surface area contributed by atoms with E-state index >= 15 is 0 Å². The Labute approximate surface area is 155 Å². The average Bonchev–Trinajstić information content (AvgIpc) is 3.33. The van der Waals surface area contributed by atoms with Crippen molar-refractivity contribution in [3.8, 4) is 11.3 Å². The molecule has 6 nitrogen and oxygen atoms in total. The highest BCUT2D eigenvalue weighted by molar-refractivity contribution is 7.12. The Morgan fingerprint density at radius 2 is 2.00 bits per heavy atom. The summed E-state index contributed by atoms with van der Waals surface area (Å²) in [6.45, 7) is 1.85. The highest BCUT2D eigenvalue weighted by Gasteiger charge is 2.18. The Bertz CT molecular complexity index is 874. The third kappa shape index (κ3) is 4.18. The van der Waals surface area contributed by atoms with Crippen molar-refractivity contribution < 1.29 is 9.59 Å². The van der Waals surface area contributed by atoms with Crippen LogP contribution in [-0.4, -0.2) is 40.3 Å². The number of hydrogen-bond donors (Lipinski definition) is 2. The predicted molar refractivity (Wildman–Crippen MR) is 102 cm³/mol. The summed E-state index contributed by atoms with van der Waals surface area (Å²) in [5, 5.41) is 4.71. The van der Waals surface area contributed by atoms with E-state index in [0.717, 1.165) is 11.3 Å². The molecule has 0 aliphatic heterocycles. The molecule has 134 valence electrons. The molecule has 2 N–H and O–H groups in total. The van der Waals surface area contributed by atoms with Gasteiger partial charge in [0.2, 0.25) is 5.91 Å². The van der Waals surface area contributed by atoms with Crippen molar-refractivity contribution >= 4 is 23.2 Å². The van der Waals surface area contributed by atoms with Gasteiger partial charge in [0.1, 0.15) is 5.82 Å². The molecule has 2 amide bonds. The molecule has 0 saturated heterocycles. The predicted octanol–water partition coefficient (Wildman–Crippen LogP) is 3.09. The van der Waals surface area contributed by atoms with E-state index in [9.17, 15) is 9.59 Å². The first kappa shape index (κ1) is 17.9. The van der Waals surface area contributed by atoms with Gasteiger partial charge in [0, 0.05) is 7.05 Å². The minimum absolute atomic E-state index is 0.00662. The zero-order valence-electron chi connectivity index (χ0n) is 14.6. The largest absolute Gasteiger partial charge is 0.345 e. The number of imidazole rings is 1. The summed E-state index contributed by atoms with van der Waals surface area (Å²) < 4.78 is 0. The Morgan fingerprint density at radius 3 is 2.69 bits per heavy atom. The van der Waals surface area contributed by atoms with Crippen molar-refractivity contribution in [3.05, 3.63) is 64.7 Å². The molecule has 0 aliphatic rings. The van der Waals surface area contributed by atoms with Gasteiger partial charge >= 0.3 is 0 Å². The Morgan fingerprint density at radius 1 is 1.23 bits per heavy atom. The monoisotopic (exact) mass is 368 g/mol. The molecule has 1 unspecified atom stereocenters. The maximum atomic E-state index is 12.2. The number of benzene rings is 1. The van der Waals surface area contributed by atoms with Crippen LogP contribution in [0.2, 0.25) is 0 Å². The molecular weight excluding hydrogens is 348 g/mol. The van der Waals surface area contributed by atoms with Crippen molar-refractivity contribution in [2.75, 3.05) is 13.6 Å². The number of amides is 2. The van der Waals surface area contributed by atoms with Crippen LogP contribution in [0.4, 0.5) is 0 Å². The summed E-state index contributed by atoms with van der Waals surface area (Å²) >= 11 is 1.36. The zero-order chi connectivity index (χ0) is 18.5. The lowest BCUT2D eigenvalue weighted by Gasteiger charge is -2.18. The van der Waals surface area contributed by atoms with Gasteiger partial charge in [-0.2, -0.15) is 0 Å². The zero-order valence-corrected chi connectivity index (χ0v) is 15.4. The van der Waals surface area contributed by atoms with E-state index in [4.69, 9.17) is 0 Å². The Kier molecular flexibility index (Phi) is 5.48. The van der Waals surface area contributed by atoms with Gasteiger partial charge in [-0.25, -0.2) is 4.98 Å². The van der Waals surface area contributed by atoms with E-state index in [-0.39, 0.29) is 24.4 Å². The molecule has 3 rings (SSSR count). The number of hydrogen-bond acceptors (Lipinski definition) is 4. The smallest absolute Gasteiger partial charge is 0.264 e. The Balaban J connectivity index is 1.57. The average molecular weight is 368 g/mol. The van der Waals surface area contributed by atoms with E-state index in [1.54, 1.807) is 19.3 Å². The second-order valence-corrected chi connectivity index (χ2v) is 6.92. The normalized spacial score (nSPS) is 11.8. The van der Waals surface area contributed by atoms with Crippen molar-refractivity contribution in [2.45, 2.75) is 13.0 Å². The van der Waals surface area contributed by atoms with Crippen LogP contribution in [0.3, 0.4) is 0 Å². The molecule has 0 spiro atoms. The molecule has 2 heterocycles. The third-order valence-corrected chi connectivity index (χ3v) is 4.79. The SMILES string of the molecule is CC(NC(=O)CN(C)C(=O)c1cccs1)c1ncc(-c2ccccc2)[nH]1. The van der Waals surface area contributed by atoms with E-state index < -0.39 is 0 Å². The van der Waals surface area contributed by atoms with Gasteiger partial charge in [-0.1, -0.05) is 36.4 Å². The van der Waals surface area contributed by atoms with Gasteiger partial charge in [0.05, 0.1) is 29.4 Å². The van der Waals surface area contributed by atoms with Crippen molar-refractivity contribution in [2.24, 2.45) is 0 Å². The first-order valence-corrected chi connectivity index (χ1v) is 9.11. The minimum Gasteiger partial charge on any atom is -0.345 e. The van der Waals surface area contributed by atoms with Crippen LogP contribution in [0, 0.1) is 0 Å². The maximum absolute atomic E-state index is 12.2. The van der Waals surface area contributed by atoms with E-state index in [2.05, 4.69) is 15.3 Å². The molecule has 3 aromatic rings. The molecule has 1 aromatic carbocycles. The lowest BCUT2D eigenvalue weighted by molar-refractivity contribution is -0.122. The van der Waals surface area contributed by atoms with Crippen molar-refractivity contribution in [3.63, 3.8) is 0 Å². The number of likely N-dealkylation sites (N-methyl/N-ethyl adjacent to an activating group) is 1. The molecule has 0 radical (unpaired) electrons. The Hall–Kier alpha value is -2.93. The summed E-state index contributed by atoms with van der Waals surface area (Å²) in [7, 11) is 1.62. The summed E-state index contributed by atoms with van der Waals surface area (Å²) in [6.07, 6.45) is 1.75.